The van der Waals surface area contributed by atoms with E-state index in [1.54, 1.807) is 23.3 Å². The van der Waals surface area contributed by atoms with Crippen LogP contribution in [0.25, 0.3) is 10.2 Å². The normalized spacial score (nSPS) is 14.3. The summed E-state index contributed by atoms with van der Waals surface area (Å²) in [5.74, 6) is 0.912. The van der Waals surface area contributed by atoms with Gasteiger partial charge >= 0.3 is 6.03 Å². The Labute approximate surface area is 169 Å². The third-order valence-electron chi connectivity index (χ3n) is 5.03. The SMILES string of the molecule is CN(Cc1nc2ccccc2s1)C(=O)NCc1ccc(OC2CCCC2)cc1. The van der Waals surface area contributed by atoms with E-state index in [1.165, 1.54) is 12.8 Å². The average Bonchev–Trinajstić information content (AvgIpc) is 3.36. The Bertz CT molecular complexity index is 899. The van der Waals surface area contributed by atoms with Crippen molar-refractivity contribution in [2.75, 3.05) is 7.05 Å². The molecule has 1 heterocycles. The number of carbonyl (C=O) groups excluding carboxylic acids is 1. The number of benzene rings is 2. The molecule has 2 amide bonds. The molecule has 0 spiro atoms. The molecule has 1 aromatic heterocycles. The van der Waals surface area contributed by atoms with E-state index in [-0.39, 0.29) is 6.03 Å². The predicted octanol–water partition coefficient (Wildman–Crippen LogP) is 4.96. The fourth-order valence-electron chi connectivity index (χ4n) is 3.46. The van der Waals surface area contributed by atoms with Crippen LogP contribution in [0, 0.1) is 0 Å². The summed E-state index contributed by atoms with van der Waals surface area (Å²) in [5.41, 5.74) is 2.04. The number of nitrogens with one attached hydrogen (secondary N) is 1. The third-order valence-corrected chi connectivity index (χ3v) is 6.05. The van der Waals surface area contributed by atoms with Gasteiger partial charge in [-0.1, -0.05) is 24.3 Å². The Morgan fingerprint density at radius 2 is 1.93 bits per heavy atom. The molecule has 1 N–H and O–H groups in total. The maximum absolute atomic E-state index is 12.4. The van der Waals surface area contributed by atoms with Gasteiger partial charge in [-0.25, -0.2) is 9.78 Å². The van der Waals surface area contributed by atoms with Gasteiger partial charge in [0.05, 0.1) is 22.9 Å². The summed E-state index contributed by atoms with van der Waals surface area (Å²) >= 11 is 1.63. The molecule has 4 rings (SSSR count). The van der Waals surface area contributed by atoms with Crippen molar-refractivity contribution in [3.63, 3.8) is 0 Å². The molecule has 1 saturated carbocycles. The van der Waals surface area contributed by atoms with Crippen molar-refractivity contribution < 1.29 is 9.53 Å². The van der Waals surface area contributed by atoms with Crippen molar-refractivity contribution in [2.45, 2.75) is 44.9 Å². The number of fused-ring (bicyclic) bond motifs is 1. The second-order valence-electron chi connectivity index (χ2n) is 7.26. The highest BCUT2D eigenvalue weighted by atomic mass is 32.1. The first kappa shape index (κ1) is 18.7. The minimum absolute atomic E-state index is 0.106. The van der Waals surface area contributed by atoms with E-state index in [2.05, 4.69) is 16.4 Å². The first-order valence-corrected chi connectivity index (χ1v) is 10.6. The highest BCUT2D eigenvalue weighted by Crippen LogP contribution is 2.24. The summed E-state index contributed by atoms with van der Waals surface area (Å²) in [6.07, 6.45) is 5.19. The Morgan fingerprint density at radius 3 is 2.68 bits per heavy atom. The molecule has 28 heavy (non-hydrogen) atoms. The smallest absolute Gasteiger partial charge is 0.317 e. The molecule has 146 valence electrons. The van der Waals surface area contributed by atoms with Crippen LogP contribution < -0.4 is 10.1 Å². The van der Waals surface area contributed by atoms with Gasteiger partial charge in [0.1, 0.15) is 10.8 Å². The zero-order valence-corrected chi connectivity index (χ0v) is 16.9. The molecule has 0 unspecified atom stereocenters. The van der Waals surface area contributed by atoms with Crippen LogP contribution in [0.5, 0.6) is 5.75 Å². The topological polar surface area (TPSA) is 54.5 Å². The second-order valence-corrected chi connectivity index (χ2v) is 8.37. The number of carbonyl (C=O) groups is 1. The minimum Gasteiger partial charge on any atom is -0.490 e. The number of para-hydroxylation sites is 1. The lowest BCUT2D eigenvalue weighted by atomic mass is 10.2. The van der Waals surface area contributed by atoms with Gasteiger partial charge < -0.3 is 15.0 Å². The van der Waals surface area contributed by atoms with Gasteiger partial charge in [0.15, 0.2) is 0 Å². The van der Waals surface area contributed by atoms with Crippen molar-refractivity contribution in [2.24, 2.45) is 0 Å². The molecule has 0 aliphatic heterocycles. The molecule has 5 nitrogen and oxygen atoms in total. The summed E-state index contributed by atoms with van der Waals surface area (Å²) in [5, 5.41) is 3.91. The van der Waals surface area contributed by atoms with E-state index >= 15 is 0 Å². The molecule has 6 heteroatoms. The fraction of sp³-hybridized carbons (Fsp3) is 0.364. The molecule has 1 fully saturated rings. The van der Waals surface area contributed by atoms with Gasteiger partial charge in [0.25, 0.3) is 0 Å². The van der Waals surface area contributed by atoms with Gasteiger partial charge in [0, 0.05) is 13.6 Å². The highest BCUT2D eigenvalue weighted by Gasteiger charge is 2.16. The Morgan fingerprint density at radius 1 is 1.18 bits per heavy atom. The predicted molar refractivity (Wildman–Crippen MR) is 113 cm³/mol. The first-order chi connectivity index (χ1) is 13.7. The maximum atomic E-state index is 12.4. The third kappa shape index (κ3) is 4.62. The van der Waals surface area contributed by atoms with E-state index in [0.29, 0.717) is 19.2 Å². The molecule has 0 atom stereocenters. The van der Waals surface area contributed by atoms with Crippen molar-refractivity contribution >= 4 is 27.6 Å². The minimum atomic E-state index is -0.106. The average molecular weight is 396 g/mol. The molecule has 0 saturated heterocycles. The Balaban J connectivity index is 1.27. The van der Waals surface area contributed by atoms with E-state index in [1.807, 2.05) is 42.5 Å². The number of thiazole rings is 1. The van der Waals surface area contributed by atoms with Gasteiger partial charge in [-0.2, -0.15) is 0 Å². The summed E-state index contributed by atoms with van der Waals surface area (Å²) in [4.78, 5) is 18.6. The second kappa shape index (κ2) is 8.61. The van der Waals surface area contributed by atoms with Gasteiger partial charge in [0.2, 0.25) is 0 Å². The lowest BCUT2D eigenvalue weighted by molar-refractivity contribution is 0.206. The molecule has 2 aromatic carbocycles. The number of aromatic nitrogens is 1. The Hall–Kier alpha value is -2.60. The molecular weight excluding hydrogens is 370 g/mol. The van der Waals surface area contributed by atoms with Gasteiger partial charge in [-0.3, -0.25) is 0 Å². The molecule has 3 aromatic rings. The molecule has 0 radical (unpaired) electrons. The van der Waals surface area contributed by atoms with Crippen LogP contribution in [0.3, 0.4) is 0 Å². The van der Waals surface area contributed by atoms with Gasteiger partial charge in [-0.05, 0) is 55.5 Å². The van der Waals surface area contributed by atoms with E-state index in [9.17, 15) is 4.79 Å². The number of rotatable bonds is 6. The molecule has 1 aliphatic carbocycles. The summed E-state index contributed by atoms with van der Waals surface area (Å²) < 4.78 is 7.13. The zero-order chi connectivity index (χ0) is 19.3. The number of ether oxygens (including phenoxy) is 1. The van der Waals surface area contributed by atoms with Crippen LogP contribution in [0.4, 0.5) is 4.79 Å². The fourth-order valence-corrected chi connectivity index (χ4v) is 4.48. The summed E-state index contributed by atoms with van der Waals surface area (Å²) in [6, 6.07) is 15.9. The van der Waals surface area contributed by atoms with E-state index < -0.39 is 0 Å². The Kier molecular flexibility index (Phi) is 5.76. The quantitative estimate of drug-likeness (QED) is 0.642. The van der Waals surface area contributed by atoms with E-state index in [0.717, 1.165) is 39.4 Å². The highest BCUT2D eigenvalue weighted by molar-refractivity contribution is 7.18. The van der Waals surface area contributed by atoms with Crippen LogP contribution in [-0.2, 0) is 13.1 Å². The van der Waals surface area contributed by atoms with Crippen molar-refractivity contribution in [1.82, 2.24) is 15.2 Å². The lowest BCUT2D eigenvalue weighted by Gasteiger charge is -2.17. The summed E-state index contributed by atoms with van der Waals surface area (Å²) in [6.45, 7) is 0.992. The van der Waals surface area contributed by atoms with Crippen LogP contribution in [0.1, 0.15) is 36.3 Å². The molecule has 0 bridgehead atoms. The number of nitrogens with zero attached hydrogens (tertiary/aromatic N) is 2. The monoisotopic (exact) mass is 395 g/mol. The van der Waals surface area contributed by atoms with Crippen molar-refractivity contribution in [3.8, 4) is 5.75 Å². The number of urea groups is 1. The molecular formula is C22H25N3O2S. The van der Waals surface area contributed by atoms with E-state index in [4.69, 9.17) is 4.74 Å². The number of hydrogen-bond donors (Lipinski definition) is 1. The zero-order valence-electron chi connectivity index (χ0n) is 16.1. The van der Waals surface area contributed by atoms with Crippen molar-refractivity contribution in [3.05, 3.63) is 59.1 Å². The standard InChI is InChI=1S/C22H25N3O2S/c1-25(15-21-24-19-8-4-5-9-20(19)28-21)22(26)23-14-16-10-12-18(13-11-16)27-17-6-2-3-7-17/h4-5,8-13,17H,2-3,6-7,14-15H2,1H3,(H,23,26). The number of amides is 2. The van der Waals surface area contributed by atoms with Crippen LogP contribution in [-0.4, -0.2) is 29.1 Å². The molecule has 1 aliphatic rings. The van der Waals surface area contributed by atoms with Gasteiger partial charge in [-0.15, -0.1) is 11.3 Å². The largest absolute Gasteiger partial charge is 0.490 e. The van der Waals surface area contributed by atoms with Crippen molar-refractivity contribution in [1.29, 1.82) is 0 Å². The van der Waals surface area contributed by atoms with Crippen LogP contribution in [0.15, 0.2) is 48.5 Å². The first-order valence-electron chi connectivity index (χ1n) is 9.76. The van der Waals surface area contributed by atoms with Crippen LogP contribution in [0.2, 0.25) is 0 Å². The lowest BCUT2D eigenvalue weighted by Crippen LogP contribution is -2.36. The maximum Gasteiger partial charge on any atom is 0.317 e. The van der Waals surface area contributed by atoms with Crippen LogP contribution >= 0.6 is 11.3 Å². The summed E-state index contributed by atoms with van der Waals surface area (Å²) in [7, 11) is 1.79. The number of hydrogen-bond acceptors (Lipinski definition) is 4.